The number of amides is 1. The van der Waals surface area contributed by atoms with Gasteiger partial charge in [-0.05, 0) is 17.7 Å². The van der Waals surface area contributed by atoms with E-state index in [2.05, 4.69) is 30.9 Å². The Morgan fingerprint density at radius 3 is 3.00 bits per heavy atom. The van der Waals surface area contributed by atoms with Crippen molar-refractivity contribution in [3.8, 4) is 0 Å². The molecule has 0 bridgehead atoms. The maximum Gasteiger partial charge on any atom is 0.273 e. The van der Waals surface area contributed by atoms with Crippen molar-refractivity contribution in [1.29, 1.82) is 0 Å². The van der Waals surface area contributed by atoms with E-state index in [1.807, 2.05) is 24.3 Å². The molecule has 2 rings (SSSR count). The van der Waals surface area contributed by atoms with Gasteiger partial charge in [-0.2, -0.15) is 0 Å². The van der Waals surface area contributed by atoms with Gasteiger partial charge in [0.25, 0.3) is 5.91 Å². The summed E-state index contributed by atoms with van der Waals surface area (Å²) in [4.78, 5) is 11.5. The number of carbonyl (C=O) groups excluding carboxylic acids is 1. The van der Waals surface area contributed by atoms with Crippen molar-refractivity contribution in [3.63, 3.8) is 0 Å². The van der Waals surface area contributed by atoms with Gasteiger partial charge in [0.05, 0.1) is 0 Å². The Hall–Kier alpha value is -1.62. The van der Waals surface area contributed by atoms with E-state index in [1.165, 1.54) is 12.3 Å². The van der Waals surface area contributed by atoms with Gasteiger partial charge in [0.2, 0.25) is 0 Å². The Kier molecular flexibility index (Phi) is 3.36. The smallest absolute Gasteiger partial charge is 0.273 e. The minimum absolute atomic E-state index is 0.242. The molecule has 1 aromatic heterocycles. The van der Waals surface area contributed by atoms with Crippen LogP contribution in [0.15, 0.2) is 45.6 Å². The Balaban J connectivity index is 1.95. The van der Waals surface area contributed by atoms with Crippen molar-refractivity contribution in [2.24, 2.45) is 0 Å². The average Bonchev–Trinajstić information content (AvgIpc) is 2.79. The Morgan fingerprint density at radius 1 is 1.44 bits per heavy atom. The third-order valence-electron chi connectivity index (χ3n) is 2.01. The summed E-state index contributed by atoms with van der Waals surface area (Å²) >= 11 is 3.37. The van der Waals surface area contributed by atoms with Crippen LogP contribution in [0.4, 0.5) is 0 Å². The van der Waals surface area contributed by atoms with E-state index in [4.69, 9.17) is 0 Å². The molecule has 4 nitrogen and oxygen atoms in total. The molecule has 0 aliphatic rings. The Labute approximate surface area is 101 Å². The van der Waals surface area contributed by atoms with E-state index in [1.54, 1.807) is 0 Å². The number of carbonyl (C=O) groups is 1. The number of halogens is 1. The van der Waals surface area contributed by atoms with Gasteiger partial charge in [-0.1, -0.05) is 33.2 Å². The van der Waals surface area contributed by atoms with Gasteiger partial charge >= 0.3 is 0 Å². The number of hydrogen-bond acceptors (Lipinski definition) is 3. The predicted molar refractivity (Wildman–Crippen MR) is 61.8 cm³/mol. The van der Waals surface area contributed by atoms with Gasteiger partial charge in [-0.25, -0.2) is 0 Å². The van der Waals surface area contributed by atoms with Crippen molar-refractivity contribution in [2.45, 2.75) is 6.54 Å². The topological polar surface area (TPSA) is 55.1 Å². The van der Waals surface area contributed by atoms with Gasteiger partial charge in [0, 0.05) is 17.1 Å². The fraction of sp³-hybridized carbons (Fsp3) is 0.0909. The number of nitrogens with one attached hydrogen (secondary N) is 1. The van der Waals surface area contributed by atoms with E-state index in [-0.39, 0.29) is 11.6 Å². The quantitative estimate of drug-likeness (QED) is 0.939. The van der Waals surface area contributed by atoms with Crippen molar-refractivity contribution < 1.29 is 9.32 Å². The normalized spacial score (nSPS) is 10.1. The molecule has 0 radical (unpaired) electrons. The molecule has 1 heterocycles. The first-order chi connectivity index (χ1) is 7.75. The molecule has 0 atom stereocenters. The molecule has 0 unspecified atom stereocenters. The SMILES string of the molecule is O=C(NCc1cccc(Br)c1)c1ccon1. The summed E-state index contributed by atoms with van der Waals surface area (Å²) in [6, 6.07) is 9.26. The minimum Gasteiger partial charge on any atom is -0.364 e. The monoisotopic (exact) mass is 280 g/mol. The highest BCUT2D eigenvalue weighted by molar-refractivity contribution is 9.10. The van der Waals surface area contributed by atoms with E-state index < -0.39 is 0 Å². The fourth-order valence-corrected chi connectivity index (χ4v) is 1.70. The number of rotatable bonds is 3. The summed E-state index contributed by atoms with van der Waals surface area (Å²) in [5, 5.41) is 6.30. The van der Waals surface area contributed by atoms with Crippen LogP contribution < -0.4 is 5.32 Å². The summed E-state index contributed by atoms with van der Waals surface area (Å²) in [6.07, 6.45) is 1.37. The van der Waals surface area contributed by atoms with Crippen LogP contribution in [-0.2, 0) is 6.54 Å². The second-order valence-electron chi connectivity index (χ2n) is 3.20. The number of nitrogens with zero attached hydrogens (tertiary/aromatic N) is 1. The summed E-state index contributed by atoms with van der Waals surface area (Å²) in [5.74, 6) is -0.242. The molecular weight excluding hydrogens is 272 g/mol. The van der Waals surface area contributed by atoms with Gasteiger partial charge in [-0.15, -0.1) is 0 Å². The molecule has 1 N–H and O–H groups in total. The van der Waals surface area contributed by atoms with E-state index in [0.29, 0.717) is 6.54 Å². The molecule has 16 heavy (non-hydrogen) atoms. The third-order valence-corrected chi connectivity index (χ3v) is 2.51. The largest absolute Gasteiger partial charge is 0.364 e. The molecule has 5 heteroatoms. The molecule has 0 saturated carbocycles. The van der Waals surface area contributed by atoms with Gasteiger partial charge in [-0.3, -0.25) is 4.79 Å². The molecular formula is C11H9BrN2O2. The summed E-state index contributed by atoms with van der Waals surface area (Å²) < 4.78 is 5.58. The van der Waals surface area contributed by atoms with Crippen molar-refractivity contribution in [3.05, 3.63) is 52.3 Å². The average molecular weight is 281 g/mol. The highest BCUT2D eigenvalue weighted by Gasteiger charge is 2.07. The molecule has 0 saturated heterocycles. The molecule has 1 aromatic carbocycles. The number of hydrogen-bond donors (Lipinski definition) is 1. The maximum atomic E-state index is 11.5. The molecule has 0 aliphatic carbocycles. The maximum absolute atomic E-state index is 11.5. The van der Waals surface area contributed by atoms with Gasteiger partial charge in [0.1, 0.15) is 6.26 Å². The lowest BCUT2D eigenvalue weighted by Crippen LogP contribution is -2.22. The van der Waals surface area contributed by atoms with Crippen LogP contribution in [-0.4, -0.2) is 11.1 Å². The van der Waals surface area contributed by atoms with E-state index in [0.717, 1.165) is 10.0 Å². The Bertz CT molecular complexity index is 482. The van der Waals surface area contributed by atoms with Crippen LogP contribution in [0.3, 0.4) is 0 Å². The second kappa shape index (κ2) is 4.94. The zero-order chi connectivity index (χ0) is 11.4. The highest BCUT2D eigenvalue weighted by Crippen LogP contribution is 2.11. The summed E-state index contributed by atoms with van der Waals surface area (Å²) in [7, 11) is 0. The summed E-state index contributed by atoms with van der Waals surface area (Å²) in [5.41, 5.74) is 1.31. The van der Waals surface area contributed by atoms with Gasteiger partial charge in [0.15, 0.2) is 5.69 Å². The zero-order valence-corrected chi connectivity index (χ0v) is 9.90. The lowest BCUT2D eigenvalue weighted by atomic mass is 10.2. The number of benzene rings is 1. The minimum atomic E-state index is -0.242. The molecule has 0 spiro atoms. The van der Waals surface area contributed by atoms with Crippen molar-refractivity contribution in [1.82, 2.24) is 10.5 Å². The van der Waals surface area contributed by atoms with Crippen LogP contribution in [0, 0.1) is 0 Å². The first-order valence-electron chi connectivity index (χ1n) is 4.69. The van der Waals surface area contributed by atoms with Crippen LogP contribution in [0.25, 0.3) is 0 Å². The fourth-order valence-electron chi connectivity index (χ4n) is 1.25. The molecule has 2 aromatic rings. The predicted octanol–water partition coefficient (Wildman–Crippen LogP) is 2.37. The molecule has 1 amide bonds. The van der Waals surface area contributed by atoms with E-state index in [9.17, 15) is 4.79 Å². The molecule has 82 valence electrons. The standard InChI is InChI=1S/C11H9BrN2O2/c12-9-3-1-2-8(6-9)7-13-11(15)10-4-5-16-14-10/h1-6H,7H2,(H,13,15). The van der Waals surface area contributed by atoms with Crippen LogP contribution in [0.5, 0.6) is 0 Å². The van der Waals surface area contributed by atoms with Gasteiger partial charge < -0.3 is 9.84 Å². The second-order valence-corrected chi connectivity index (χ2v) is 4.11. The van der Waals surface area contributed by atoms with Crippen LogP contribution in [0.2, 0.25) is 0 Å². The lowest BCUT2D eigenvalue weighted by molar-refractivity contribution is 0.0942. The summed E-state index contributed by atoms with van der Waals surface area (Å²) in [6.45, 7) is 0.463. The van der Waals surface area contributed by atoms with Crippen molar-refractivity contribution in [2.75, 3.05) is 0 Å². The lowest BCUT2D eigenvalue weighted by Gasteiger charge is -2.03. The number of aromatic nitrogens is 1. The van der Waals surface area contributed by atoms with Crippen LogP contribution in [0.1, 0.15) is 16.1 Å². The first kappa shape index (κ1) is 10.9. The Morgan fingerprint density at radius 2 is 2.31 bits per heavy atom. The zero-order valence-electron chi connectivity index (χ0n) is 8.31. The van der Waals surface area contributed by atoms with Crippen molar-refractivity contribution >= 4 is 21.8 Å². The van der Waals surface area contributed by atoms with Crippen LogP contribution >= 0.6 is 15.9 Å². The third kappa shape index (κ3) is 2.70. The highest BCUT2D eigenvalue weighted by atomic mass is 79.9. The molecule has 0 aliphatic heterocycles. The molecule has 0 fully saturated rings. The van der Waals surface area contributed by atoms with E-state index >= 15 is 0 Å². The first-order valence-corrected chi connectivity index (χ1v) is 5.48.